The summed E-state index contributed by atoms with van der Waals surface area (Å²) in [5, 5.41) is 4.22. The Kier molecular flexibility index (Phi) is 6.12. The van der Waals surface area contributed by atoms with E-state index in [0.29, 0.717) is 37.6 Å². The molecule has 0 radical (unpaired) electrons. The lowest BCUT2D eigenvalue weighted by atomic mass is 9.75. The highest BCUT2D eigenvalue weighted by Crippen LogP contribution is 2.39. The molecule has 1 aromatic carbocycles. The Morgan fingerprint density at radius 3 is 2.61 bits per heavy atom. The van der Waals surface area contributed by atoms with Crippen molar-refractivity contribution in [3.05, 3.63) is 60.4 Å². The predicted octanol–water partition coefficient (Wildman–Crippen LogP) is 3.03. The van der Waals surface area contributed by atoms with Crippen LogP contribution in [-0.4, -0.2) is 54.7 Å². The third-order valence-electron chi connectivity index (χ3n) is 5.73. The van der Waals surface area contributed by atoms with E-state index < -0.39 is 21.3 Å². The maximum absolute atomic E-state index is 13.6. The normalized spacial score (nSPS) is 17.0. The molecule has 0 spiro atoms. The maximum Gasteiger partial charge on any atom is 0.258 e. The Hall–Kier alpha value is -2.69. The molecule has 0 atom stereocenters. The fourth-order valence-corrected chi connectivity index (χ4v) is 5.34. The second kappa shape index (κ2) is 8.81. The summed E-state index contributed by atoms with van der Waals surface area (Å²) in [7, 11) is -2.16. The Labute approximate surface area is 180 Å². The van der Waals surface area contributed by atoms with Gasteiger partial charge in [0.2, 0.25) is 10.0 Å². The van der Waals surface area contributed by atoms with Gasteiger partial charge in [-0.25, -0.2) is 12.8 Å². The van der Waals surface area contributed by atoms with Crippen molar-refractivity contribution in [1.29, 1.82) is 0 Å². The molecule has 1 aliphatic rings. The first-order chi connectivity index (χ1) is 14.9. The molecule has 10 heteroatoms. The summed E-state index contributed by atoms with van der Waals surface area (Å²) in [6.45, 7) is 1.01. The summed E-state index contributed by atoms with van der Waals surface area (Å²) in [6, 6.07) is 8.64. The Bertz CT molecular complexity index is 1130. The number of hydrogen-bond donors (Lipinski definition) is 0. The number of nitrogens with zero attached hydrogens (tertiary/aromatic N) is 4. The number of sulfonamides is 1. The predicted molar refractivity (Wildman–Crippen MR) is 110 cm³/mol. The van der Waals surface area contributed by atoms with Crippen molar-refractivity contribution in [2.24, 2.45) is 0 Å². The van der Waals surface area contributed by atoms with E-state index in [4.69, 9.17) is 9.26 Å². The molecule has 0 amide bonds. The van der Waals surface area contributed by atoms with Gasteiger partial charge in [0.1, 0.15) is 5.82 Å². The fourth-order valence-electron chi connectivity index (χ4n) is 3.86. The summed E-state index contributed by atoms with van der Waals surface area (Å²) >= 11 is 0. The highest BCUT2D eigenvalue weighted by atomic mass is 32.2. The van der Waals surface area contributed by atoms with Crippen LogP contribution in [0, 0.1) is 5.82 Å². The average Bonchev–Trinajstić information content (AvgIpc) is 3.30. The first-order valence-electron chi connectivity index (χ1n) is 9.94. The van der Waals surface area contributed by atoms with E-state index in [0.717, 1.165) is 11.6 Å². The first-order valence-corrected chi connectivity index (χ1v) is 11.4. The van der Waals surface area contributed by atoms with E-state index in [9.17, 15) is 12.8 Å². The Morgan fingerprint density at radius 2 is 1.94 bits per heavy atom. The molecule has 3 aromatic rings. The zero-order valence-corrected chi connectivity index (χ0v) is 17.9. The number of benzene rings is 1. The Morgan fingerprint density at radius 1 is 1.19 bits per heavy atom. The molecule has 164 valence electrons. The zero-order chi connectivity index (χ0) is 21.9. The van der Waals surface area contributed by atoms with Crippen LogP contribution < -0.4 is 0 Å². The van der Waals surface area contributed by atoms with Crippen molar-refractivity contribution < 1.29 is 22.1 Å². The van der Waals surface area contributed by atoms with Crippen LogP contribution in [-0.2, 0) is 20.2 Å². The van der Waals surface area contributed by atoms with E-state index in [-0.39, 0.29) is 18.0 Å². The number of pyridine rings is 1. The summed E-state index contributed by atoms with van der Waals surface area (Å²) in [6.07, 6.45) is 4.93. The molecule has 3 heterocycles. The molecule has 0 N–H and O–H groups in total. The van der Waals surface area contributed by atoms with E-state index in [2.05, 4.69) is 15.1 Å². The summed E-state index contributed by atoms with van der Waals surface area (Å²) in [5.41, 5.74) is 0.292. The van der Waals surface area contributed by atoms with E-state index in [1.807, 2.05) is 0 Å². The van der Waals surface area contributed by atoms with Gasteiger partial charge >= 0.3 is 0 Å². The van der Waals surface area contributed by atoms with Crippen molar-refractivity contribution in [3.8, 4) is 11.5 Å². The van der Waals surface area contributed by atoms with Crippen LogP contribution in [0.1, 0.15) is 25.1 Å². The van der Waals surface area contributed by atoms with Crippen LogP contribution in [0.3, 0.4) is 0 Å². The van der Waals surface area contributed by atoms with Crippen molar-refractivity contribution >= 4 is 10.0 Å². The third-order valence-corrected chi connectivity index (χ3v) is 7.62. The number of rotatable bonds is 7. The molecule has 4 rings (SSSR count). The second-order valence-electron chi connectivity index (χ2n) is 7.54. The molecular weight excluding hydrogens is 423 g/mol. The van der Waals surface area contributed by atoms with E-state index in [1.54, 1.807) is 31.6 Å². The van der Waals surface area contributed by atoms with E-state index in [1.165, 1.54) is 22.5 Å². The highest BCUT2D eigenvalue weighted by Gasteiger charge is 2.43. The van der Waals surface area contributed by atoms with Gasteiger partial charge in [-0.1, -0.05) is 11.2 Å². The van der Waals surface area contributed by atoms with Crippen LogP contribution in [0.15, 0.2) is 58.2 Å². The molecule has 1 fully saturated rings. The lowest BCUT2D eigenvalue weighted by molar-refractivity contribution is 0.132. The molecule has 1 aliphatic heterocycles. The molecule has 8 nitrogen and oxygen atoms in total. The van der Waals surface area contributed by atoms with Gasteiger partial charge in [-0.2, -0.15) is 9.29 Å². The standard InChI is InChI=1S/C21H23FN4O4S/c1-29-14-9-21(20-24-19(30-25-20)16-5-10-23-11-6-16)7-12-26(13-8-21)31(27,28)18-4-2-3-17(22)15-18/h2-6,10-11,15H,7-9,12-14H2,1H3. The lowest BCUT2D eigenvalue weighted by Crippen LogP contribution is -2.46. The van der Waals surface area contributed by atoms with Gasteiger partial charge < -0.3 is 9.26 Å². The third kappa shape index (κ3) is 4.36. The number of methoxy groups -OCH3 is 1. The molecule has 0 aliphatic carbocycles. The van der Waals surface area contributed by atoms with Gasteiger partial charge in [-0.15, -0.1) is 0 Å². The molecule has 0 saturated carbocycles. The van der Waals surface area contributed by atoms with Gasteiger partial charge in [-0.3, -0.25) is 4.98 Å². The number of aromatic nitrogens is 3. The van der Waals surface area contributed by atoms with Crippen LogP contribution >= 0.6 is 0 Å². The van der Waals surface area contributed by atoms with Gasteiger partial charge in [0.15, 0.2) is 5.82 Å². The molecule has 2 aromatic heterocycles. The number of hydrogen-bond acceptors (Lipinski definition) is 7. The monoisotopic (exact) mass is 446 g/mol. The summed E-state index contributed by atoms with van der Waals surface area (Å²) in [5.74, 6) is 0.353. The zero-order valence-electron chi connectivity index (χ0n) is 17.1. The van der Waals surface area contributed by atoms with Crippen LogP contribution in [0.25, 0.3) is 11.5 Å². The topological polar surface area (TPSA) is 98.4 Å². The largest absolute Gasteiger partial charge is 0.385 e. The van der Waals surface area contributed by atoms with Crippen LogP contribution in [0.5, 0.6) is 0 Å². The SMILES string of the molecule is COCCC1(c2noc(-c3ccncc3)n2)CCN(S(=O)(=O)c2cccc(F)c2)CC1. The van der Waals surface area contributed by atoms with Crippen molar-refractivity contribution in [2.75, 3.05) is 26.8 Å². The molecule has 0 bridgehead atoms. The number of halogens is 1. The minimum absolute atomic E-state index is 0.0450. The average molecular weight is 447 g/mol. The van der Waals surface area contributed by atoms with Crippen LogP contribution in [0.4, 0.5) is 4.39 Å². The quantitative estimate of drug-likeness (QED) is 0.550. The minimum Gasteiger partial charge on any atom is -0.385 e. The van der Waals surface area contributed by atoms with Gasteiger partial charge in [0, 0.05) is 50.2 Å². The minimum atomic E-state index is -3.78. The lowest BCUT2D eigenvalue weighted by Gasteiger charge is -2.39. The molecular formula is C21H23FN4O4S. The Balaban J connectivity index is 1.57. The molecule has 31 heavy (non-hydrogen) atoms. The van der Waals surface area contributed by atoms with Gasteiger partial charge in [0.25, 0.3) is 5.89 Å². The molecule has 1 saturated heterocycles. The number of ether oxygens (including phenoxy) is 1. The first kappa shape index (κ1) is 21.5. The summed E-state index contributed by atoms with van der Waals surface area (Å²) in [4.78, 5) is 8.55. The smallest absolute Gasteiger partial charge is 0.258 e. The number of piperidine rings is 1. The van der Waals surface area contributed by atoms with Crippen LogP contribution in [0.2, 0.25) is 0 Å². The van der Waals surface area contributed by atoms with E-state index >= 15 is 0 Å². The molecule has 0 unspecified atom stereocenters. The van der Waals surface area contributed by atoms with Crippen molar-refractivity contribution in [3.63, 3.8) is 0 Å². The van der Waals surface area contributed by atoms with Crippen molar-refractivity contribution in [1.82, 2.24) is 19.4 Å². The maximum atomic E-state index is 13.6. The van der Waals surface area contributed by atoms with Gasteiger partial charge in [-0.05, 0) is 49.6 Å². The van der Waals surface area contributed by atoms with Gasteiger partial charge in [0.05, 0.1) is 4.90 Å². The highest BCUT2D eigenvalue weighted by molar-refractivity contribution is 7.89. The summed E-state index contributed by atoms with van der Waals surface area (Å²) < 4.78 is 51.7. The van der Waals surface area contributed by atoms with Crippen molar-refractivity contribution in [2.45, 2.75) is 29.6 Å². The fraction of sp³-hybridized carbons (Fsp3) is 0.381. The second-order valence-corrected chi connectivity index (χ2v) is 9.48.